The standard InChI is InChI=1S/C54H37N/c1-3-17-38(18-4-1)41-33-34-48(40-19-5-2-6-20-40)54(37-41)55(44-25-15-24-42(35-44)46-31-16-23-39-21-7-9-26-45(39)46)53-32-14-13-30-51(53)52-36-43-22-8-10-27-47(43)49-28-11-12-29-50(49)52/h1-37H. The highest BCUT2D eigenvalue weighted by Gasteiger charge is 2.23. The van der Waals surface area contributed by atoms with Gasteiger partial charge in [-0.3, -0.25) is 0 Å². The fourth-order valence-corrected chi connectivity index (χ4v) is 8.26. The second kappa shape index (κ2) is 14.0. The van der Waals surface area contributed by atoms with Crippen molar-refractivity contribution in [2.24, 2.45) is 0 Å². The summed E-state index contributed by atoms with van der Waals surface area (Å²) in [6, 6.07) is 81.6. The first kappa shape index (κ1) is 32.4. The van der Waals surface area contributed by atoms with Crippen LogP contribution in [0.5, 0.6) is 0 Å². The van der Waals surface area contributed by atoms with Gasteiger partial charge >= 0.3 is 0 Å². The summed E-state index contributed by atoms with van der Waals surface area (Å²) in [5.74, 6) is 0. The van der Waals surface area contributed by atoms with E-state index in [1.807, 2.05) is 0 Å². The molecular weight excluding hydrogens is 663 g/mol. The number of para-hydroxylation sites is 1. The van der Waals surface area contributed by atoms with Gasteiger partial charge in [-0.2, -0.15) is 0 Å². The summed E-state index contributed by atoms with van der Waals surface area (Å²) >= 11 is 0. The van der Waals surface area contributed by atoms with E-state index in [1.165, 1.54) is 71.3 Å². The van der Waals surface area contributed by atoms with Crippen molar-refractivity contribution in [3.05, 3.63) is 224 Å². The van der Waals surface area contributed by atoms with Gasteiger partial charge < -0.3 is 4.90 Å². The zero-order chi connectivity index (χ0) is 36.6. The van der Waals surface area contributed by atoms with Gasteiger partial charge in [-0.15, -0.1) is 0 Å². The molecule has 0 amide bonds. The first-order valence-electron chi connectivity index (χ1n) is 18.9. The first-order chi connectivity index (χ1) is 27.3. The molecule has 258 valence electrons. The van der Waals surface area contributed by atoms with Crippen molar-refractivity contribution in [3.63, 3.8) is 0 Å². The van der Waals surface area contributed by atoms with Crippen LogP contribution in [0.25, 0.3) is 76.8 Å². The molecule has 0 heterocycles. The highest BCUT2D eigenvalue weighted by atomic mass is 15.1. The van der Waals surface area contributed by atoms with Crippen LogP contribution in [0.2, 0.25) is 0 Å². The van der Waals surface area contributed by atoms with Gasteiger partial charge in [-0.1, -0.05) is 194 Å². The van der Waals surface area contributed by atoms with Crippen molar-refractivity contribution in [3.8, 4) is 44.5 Å². The Morgan fingerprint density at radius 3 is 1.64 bits per heavy atom. The predicted octanol–water partition coefficient (Wildman–Crippen LogP) is 15.3. The molecule has 0 fully saturated rings. The fraction of sp³-hybridized carbons (Fsp3) is 0. The number of rotatable bonds is 7. The van der Waals surface area contributed by atoms with E-state index in [0.29, 0.717) is 0 Å². The van der Waals surface area contributed by atoms with Crippen LogP contribution in [-0.4, -0.2) is 0 Å². The largest absolute Gasteiger partial charge is 0.309 e. The van der Waals surface area contributed by atoms with Crippen LogP contribution in [0.15, 0.2) is 224 Å². The number of nitrogens with zero attached hydrogens (tertiary/aromatic N) is 1. The molecule has 0 aromatic heterocycles. The second-order valence-corrected chi connectivity index (χ2v) is 14.1. The average Bonchev–Trinajstić information content (AvgIpc) is 3.27. The molecule has 0 aliphatic heterocycles. The van der Waals surface area contributed by atoms with Crippen LogP contribution in [-0.2, 0) is 0 Å². The van der Waals surface area contributed by atoms with Crippen molar-refractivity contribution < 1.29 is 0 Å². The van der Waals surface area contributed by atoms with Crippen LogP contribution in [0, 0.1) is 0 Å². The van der Waals surface area contributed by atoms with Crippen LogP contribution < -0.4 is 4.90 Å². The van der Waals surface area contributed by atoms with Gasteiger partial charge in [0.1, 0.15) is 0 Å². The molecule has 55 heavy (non-hydrogen) atoms. The van der Waals surface area contributed by atoms with Gasteiger partial charge in [0, 0.05) is 16.8 Å². The molecule has 0 unspecified atom stereocenters. The van der Waals surface area contributed by atoms with Gasteiger partial charge in [0.15, 0.2) is 0 Å². The van der Waals surface area contributed by atoms with Crippen molar-refractivity contribution in [2.75, 3.05) is 4.90 Å². The third-order valence-electron chi connectivity index (χ3n) is 10.8. The van der Waals surface area contributed by atoms with E-state index in [1.54, 1.807) is 0 Å². The Balaban J connectivity index is 1.28. The highest BCUT2D eigenvalue weighted by Crippen LogP contribution is 2.48. The van der Waals surface area contributed by atoms with Gasteiger partial charge in [0.05, 0.1) is 11.4 Å². The maximum Gasteiger partial charge on any atom is 0.0546 e. The molecule has 0 saturated heterocycles. The molecular formula is C54H37N. The molecule has 0 N–H and O–H groups in total. The van der Waals surface area contributed by atoms with Crippen molar-refractivity contribution in [1.82, 2.24) is 0 Å². The zero-order valence-corrected chi connectivity index (χ0v) is 30.3. The lowest BCUT2D eigenvalue weighted by atomic mass is 9.91. The summed E-state index contributed by atoms with van der Waals surface area (Å²) in [7, 11) is 0. The number of fused-ring (bicyclic) bond motifs is 4. The molecule has 10 aromatic rings. The SMILES string of the molecule is c1ccc(-c2ccc(-c3ccccc3)c(N(c3cccc(-c4cccc5ccccc45)c3)c3ccccc3-c3cc4ccccc4c4ccccc34)c2)cc1. The minimum atomic E-state index is 1.09. The third kappa shape index (κ3) is 5.93. The predicted molar refractivity (Wildman–Crippen MR) is 235 cm³/mol. The Morgan fingerprint density at radius 2 is 0.818 bits per heavy atom. The molecule has 1 nitrogen and oxygen atoms in total. The van der Waals surface area contributed by atoms with E-state index in [-0.39, 0.29) is 0 Å². The van der Waals surface area contributed by atoms with Crippen molar-refractivity contribution >= 4 is 49.4 Å². The quantitative estimate of drug-likeness (QED) is 0.150. The minimum Gasteiger partial charge on any atom is -0.309 e. The molecule has 0 saturated carbocycles. The molecule has 0 spiro atoms. The molecule has 10 aromatic carbocycles. The fourth-order valence-electron chi connectivity index (χ4n) is 8.26. The maximum atomic E-state index is 2.49. The molecule has 0 atom stereocenters. The topological polar surface area (TPSA) is 3.24 Å². The van der Waals surface area contributed by atoms with Gasteiger partial charge in [-0.25, -0.2) is 0 Å². The van der Waals surface area contributed by atoms with Crippen LogP contribution in [0.3, 0.4) is 0 Å². The van der Waals surface area contributed by atoms with E-state index in [9.17, 15) is 0 Å². The van der Waals surface area contributed by atoms with Gasteiger partial charge in [0.2, 0.25) is 0 Å². The van der Waals surface area contributed by atoms with Crippen LogP contribution >= 0.6 is 0 Å². The number of hydrogen-bond acceptors (Lipinski definition) is 1. The molecule has 10 rings (SSSR count). The summed E-state index contributed by atoms with van der Waals surface area (Å²) in [4.78, 5) is 2.49. The van der Waals surface area contributed by atoms with Crippen LogP contribution in [0.1, 0.15) is 0 Å². The minimum absolute atomic E-state index is 1.09. The molecule has 1 heteroatoms. The summed E-state index contributed by atoms with van der Waals surface area (Å²) < 4.78 is 0. The van der Waals surface area contributed by atoms with Crippen molar-refractivity contribution in [2.45, 2.75) is 0 Å². The Hall–Kier alpha value is -7.22. The highest BCUT2D eigenvalue weighted by molar-refractivity contribution is 6.15. The zero-order valence-electron chi connectivity index (χ0n) is 30.3. The molecule has 0 radical (unpaired) electrons. The lowest BCUT2D eigenvalue weighted by molar-refractivity contribution is 1.28. The maximum absolute atomic E-state index is 2.49. The van der Waals surface area contributed by atoms with E-state index in [0.717, 1.165) is 22.6 Å². The first-order valence-corrected chi connectivity index (χ1v) is 18.9. The third-order valence-corrected chi connectivity index (χ3v) is 10.8. The van der Waals surface area contributed by atoms with Gasteiger partial charge in [-0.05, 0) is 96.0 Å². The lowest BCUT2D eigenvalue weighted by Gasteiger charge is -2.31. The van der Waals surface area contributed by atoms with E-state index >= 15 is 0 Å². The lowest BCUT2D eigenvalue weighted by Crippen LogP contribution is -2.13. The average molecular weight is 700 g/mol. The van der Waals surface area contributed by atoms with E-state index in [2.05, 4.69) is 229 Å². The summed E-state index contributed by atoms with van der Waals surface area (Å²) in [5.41, 5.74) is 12.8. The van der Waals surface area contributed by atoms with Crippen LogP contribution in [0.4, 0.5) is 17.1 Å². The Bertz CT molecular complexity index is 2980. The monoisotopic (exact) mass is 699 g/mol. The smallest absolute Gasteiger partial charge is 0.0546 e. The molecule has 0 bridgehead atoms. The van der Waals surface area contributed by atoms with Crippen molar-refractivity contribution in [1.29, 1.82) is 0 Å². The summed E-state index contributed by atoms with van der Waals surface area (Å²) in [5, 5.41) is 7.46. The second-order valence-electron chi connectivity index (χ2n) is 14.1. The summed E-state index contributed by atoms with van der Waals surface area (Å²) in [6.07, 6.45) is 0. The van der Waals surface area contributed by atoms with E-state index in [4.69, 9.17) is 0 Å². The Kier molecular flexibility index (Phi) is 8.24. The Labute approximate surface area is 322 Å². The normalized spacial score (nSPS) is 11.3. The Morgan fingerprint density at radius 1 is 0.236 bits per heavy atom. The number of benzene rings is 10. The summed E-state index contributed by atoms with van der Waals surface area (Å²) in [6.45, 7) is 0. The van der Waals surface area contributed by atoms with E-state index < -0.39 is 0 Å². The molecule has 0 aliphatic rings. The number of hydrogen-bond donors (Lipinski definition) is 0. The molecule has 0 aliphatic carbocycles. The number of anilines is 3. The van der Waals surface area contributed by atoms with Gasteiger partial charge in [0.25, 0.3) is 0 Å².